The molecule has 10 heteroatoms. The van der Waals surface area contributed by atoms with Gasteiger partial charge in [0.2, 0.25) is 5.88 Å². The fourth-order valence-corrected chi connectivity index (χ4v) is 3.34. The third-order valence-electron chi connectivity index (χ3n) is 3.81. The minimum Gasteiger partial charge on any atom is -0.436 e. The molecule has 0 unspecified atom stereocenters. The first-order valence-corrected chi connectivity index (χ1v) is 9.11. The van der Waals surface area contributed by atoms with Crippen molar-refractivity contribution in [1.82, 2.24) is 25.0 Å². The molecule has 0 radical (unpaired) electrons. The zero-order chi connectivity index (χ0) is 19.7. The van der Waals surface area contributed by atoms with Crippen molar-refractivity contribution >= 4 is 22.6 Å². The van der Waals surface area contributed by atoms with Crippen LogP contribution in [-0.4, -0.2) is 25.0 Å². The number of aryl methyl sites for hydroxylation is 1. The topological polar surface area (TPSA) is 123 Å². The van der Waals surface area contributed by atoms with Crippen LogP contribution in [-0.2, 0) is 0 Å². The molecule has 0 fully saturated rings. The highest BCUT2D eigenvalue weighted by molar-refractivity contribution is 14.1. The van der Waals surface area contributed by atoms with Crippen LogP contribution in [0.3, 0.4) is 0 Å². The highest BCUT2D eigenvalue weighted by Crippen LogP contribution is 2.31. The molecule has 0 saturated carbocycles. The Labute approximate surface area is 166 Å². The Kier molecular flexibility index (Phi) is 5.26. The fourth-order valence-electron chi connectivity index (χ4n) is 2.49. The first kappa shape index (κ1) is 19.0. The molecule has 0 saturated heterocycles. The summed E-state index contributed by atoms with van der Waals surface area (Å²) in [5, 5.41) is 10.2. The van der Waals surface area contributed by atoms with Crippen molar-refractivity contribution in [3.05, 3.63) is 70.3 Å². The van der Waals surface area contributed by atoms with Gasteiger partial charge in [-0.15, -0.1) is 5.10 Å². The Balaban J connectivity index is 2.01. The summed E-state index contributed by atoms with van der Waals surface area (Å²) in [5.74, 6) is 0.845. The van der Waals surface area contributed by atoms with Crippen LogP contribution in [0, 0.1) is 10.5 Å². The number of aromatic amines is 2. The standard InChI is InChI=1S/C17H16IN5O4/c1-8(2)11-6-14(21-22-16(11)25)27-15-9(3)4-10(5-12(15)18)23-17(26)20-13(24)7-19-23/h4-8H,1-3H3,(H,22,25)(H,20,24,26). The van der Waals surface area contributed by atoms with Gasteiger partial charge in [-0.25, -0.2) is 9.89 Å². The Hall–Kier alpha value is -2.76. The summed E-state index contributed by atoms with van der Waals surface area (Å²) < 4.78 is 7.67. The average Bonchev–Trinajstić information content (AvgIpc) is 2.59. The number of rotatable bonds is 4. The second kappa shape index (κ2) is 7.47. The predicted octanol–water partition coefficient (Wildman–Crippen LogP) is 1.83. The molecule has 0 spiro atoms. The van der Waals surface area contributed by atoms with Gasteiger partial charge in [0.1, 0.15) is 11.9 Å². The summed E-state index contributed by atoms with van der Waals surface area (Å²) in [4.78, 5) is 37.1. The number of H-pyrrole nitrogens is 2. The van der Waals surface area contributed by atoms with Gasteiger partial charge in [0.15, 0.2) is 0 Å². The van der Waals surface area contributed by atoms with Gasteiger partial charge in [-0.1, -0.05) is 13.8 Å². The predicted molar refractivity (Wildman–Crippen MR) is 107 cm³/mol. The maximum absolute atomic E-state index is 11.9. The zero-order valence-electron chi connectivity index (χ0n) is 14.7. The van der Waals surface area contributed by atoms with Crippen molar-refractivity contribution in [3.63, 3.8) is 0 Å². The van der Waals surface area contributed by atoms with Crippen molar-refractivity contribution in [2.45, 2.75) is 26.7 Å². The Morgan fingerprint density at radius 2 is 1.93 bits per heavy atom. The van der Waals surface area contributed by atoms with E-state index in [0.29, 0.717) is 20.6 Å². The third kappa shape index (κ3) is 3.99. The molecule has 2 N–H and O–H groups in total. The SMILES string of the molecule is Cc1cc(-n2ncc(=O)[nH]c2=O)cc(I)c1Oc1cc(C(C)C)c(=O)[nH]n1. The van der Waals surface area contributed by atoms with E-state index in [0.717, 1.165) is 16.4 Å². The summed E-state index contributed by atoms with van der Waals surface area (Å²) in [6.07, 6.45) is 1.03. The number of benzene rings is 1. The van der Waals surface area contributed by atoms with Crippen LogP contribution in [0.4, 0.5) is 0 Å². The molecule has 2 heterocycles. The summed E-state index contributed by atoms with van der Waals surface area (Å²) in [5.41, 5.74) is 0.359. The van der Waals surface area contributed by atoms with Gasteiger partial charge >= 0.3 is 5.69 Å². The van der Waals surface area contributed by atoms with Gasteiger partial charge in [-0.3, -0.25) is 14.6 Å². The van der Waals surface area contributed by atoms with E-state index in [-0.39, 0.29) is 17.4 Å². The number of ether oxygens (including phenoxy) is 1. The summed E-state index contributed by atoms with van der Waals surface area (Å²) >= 11 is 2.07. The largest absolute Gasteiger partial charge is 0.436 e. The van der Waals surface area contributed by atoms with Crippen LogP contribution in [0.15, 0.2) is 38.8 Å². The molecule has 0 amide bonds. The number of aromatic nitrogens is 5. The maximum Gasteiger partial charge on any atom is 0.349 e. The molecule has 1 aromatic carbocycles. The third-order valence-corrected chi connectivity index (χ3v) is 4.61. The van der Waals surface area contributed by atoms with Crippen molar-refractivity contribution < 1.29 is 4.74 Å². The quantitative estimate of drug-likeness (QED) is 0.549. The van der Waals surface area contributed by atoms with Crippen molar-refractivity contribution in [2.75, 3.05) is 0 Å². The van der Waals surface area contributed by atoms with E-state index in [1.165, 1.54) is 0 Å². The van der Waals surface area contributed by atoms with Crippen molar-refractivity contribution in [1.29, 1.82) is 0 Å². The summed E-state index contributed by atoms with van der Waals surface area (Å²) in [6.45, 7) is 5.63. The maximum atomic E-state index is 11.9. The Morgan fingerprint density at radius 3 is 2.56 bits per heavy atom. The van der Waals surface area contributed by atoms with Gasteiger partial charge in [0, 0.05) is 11.6 Å². The molecule has 0 aliphatic carbocycles. The van der Waals surface area contributed by atoms with Crippen molar-refractivity contribution in [2.24, 2.45) is 0 Å². The van der Waals surface area contributed by atoms with Gasteiger partial charge in [-0.05, 0) is 53.1 Å². The normalized spacial score (nSPS) is 11.0. The number of nitrogens with zero attached hydrogens (tertiary/aromatic N) is 3. The molecule has 0 bridgehead atoms. The van der Waals surface area contributed by atoms with Gasteiger partial charge in [0.05, 0.1) is 9.26 Å². The average molecular weight is 481 g/mol. The molecule has 2 aromatic heterocycles. The molecule has 9 nitrogen and oxygen atoms in total. The molecule has 0 aliphatic heterocycles. The molecule has 0 atom stereocenters. The van der Waals surface area contributed by atoms with E-state index in [2.05, 4.69) is 42.9 Å². The van der Waals surface area contributed by atoms with E-state index in [9.17, 15) is 14.4 Å². The van der Waals surface area contributed by atoms with Crippen LogP contribution in [0.2, 0.25) is 0 Å². The fraction of sp³-hybridized carbons (Fsp3) is 0.235. The van der Waals surface area contributed by atoms with E-state index < -0.39 is 11.2 Å². The number of halogens is 1. The highest BCUT2D eigenvalue weighted by Gasteiger charge is 2.14. The minimum atomic E-state index is -0.629. The minimum absolute atomic E-state index is 0.0276. The lowest BCUT2D eigenvalue weighted by Crippen LogP contribution is -2.30. The second-order valence-corrected chi connectivity index (χ2v) is 7.33. The lowest BCUT2D eigenvalue weighted by atomic mass is 10.1. The van der Waals surface area contributed by atoms with E-state index in [4.69, 9.17) is 4.74 Å². The van der Waals surface area contributed by atoms with E-state index >= 15 is 0 Å². The van der Waals surface area contributed by atoms with Crippen LogP contribution in [0.5, 0.6) is 11.6 Å². The molecule has 27 heavy (non-hydrogen) atoms. The van der Waals surface area contributed by atoms with E-state index in [1.807, 2.05) is 20.8 Å². The van der Waals surface area contributed by atoms with Crippen LogP contribution < -0.4 is 21.5 Å². The second-order valence-electron chi connectivity index (χ2n) is 6.17. The van der Waals surface area contributed by atoms with Crippen molar-refractivity contribution in [3.8, 4) is 17.3 Å². The van der Waals surface area contributed by atoms with Gasteiger partial charge in [-0.2, -0.15) is 9.78 Å². The van der Waals surface area contributed by atoms with Crippen LogP contribution in [0.1, 0.15) is 30.9 Å². The van der Waals surface area contributed by atoms with Crippen LogP contribution in [0.25, 0.3) is 5.69 Å². The lowest BCUT2D eigenvalue weighted by molar-refractivity contribution is 0.446. The molecule has 3 aromatic rings. The lowest BCUT2D eigenvalue weighted by Gasteiger charge is -2.13. The molecular formula is C17H16IN5O4. The Bertz CT molecular complexity index is 1160. The van der Waals surface area contributed by atoms with E-state index in [1.54, 1.807) is 18.2 Å². The zero-order valence-corrected chi connectivity index (χ0v) is 16.9. The number of hydrogen-bond acceptors (Lipinski definition) is 6. The summed E-state index contributed by atoms with van der Waals surface area (Å²) in [7, 11) is 0. The smallest absolute Gasteiger partial charge is 0.349 e. The highest BCUT2D eigenvalue weighted by atomic mass is 127. The number of nitrogens with one attached hydrogen (secondary N) is 2. The monoisotopic (exact) mass is 481 g/mol. The molecule has 3 rings (SSSR count). The summed E-state index contributed by atoms with van der Waals surface area (Å²) in [6, 6.07) is 5.02. The van der Waals surface area contributed by atoms with Crippen LogP contribution >= 0.6 is 22.6 Å². The first-order chi connectivity index (χ1) is 12.8. The molecule has 140 valence electrons. The Morgan fingerprint density at radius 1 is 1.19 bits per heavy atom. The first-order valence-electron chi connectivity index (χ1n) is 8.03. The molecular weight excluding hydrogens is 465 g/mol. The number of hydrogen-bond donors (Lipinski definition) is 2. The van der Waals surface area contributed by atoms with Gasteiger partial charge in [0.25, 0.3) is 11.1 Å². The molecule has 0 aliphatic rings. The van der Waals surface area contributed by atoms with Gasteiger partial charge < -0.3 is 4.74 Å².